The molecule has 1 atom stereocenters. The zero-order valence-corrected chi connectivity index (χ0v) is 15.8. The monoisotopic (exact) mass is 393 g/mol. The highest BCUT2D eigenvalue weighted by Crippen LogP contribution is 2.26. The van der Waals surface area contributed by atoms with Crippen molar-refractivity contribution in [2.75, 3.05) is 23.0 Å². The van der Waals surface area contributed by atoms with Crippen LogP contribution in [0, 0.1) is 10.1 Å². The van der Waals surface area contributed by atoms with E-state index in [0.29, 0.717) is 5.75 Å². The maximum atomic E-state index is 12.6. The number of non-ortho nitro benzene ring substituents is 1. The summed E-state index contributed by atoms with van der Waals surface area (Å²) in [6.07, 6.45) is 0.990. The van der Waals surface area contributed by atoms with E-state index in [0.717, 1.165) is 10.6 Å². The maximum absolute atomic E-state index is 12.6. The van der Waals surface area contributed by atoms with Gasteiger partial charge in [-0.15, -0.1) is 0 Å². The Morgan fingerprint density at radius 3 is 2.48 bits per heavy atom. The third kappa shape index (κ3) is 4.94. The van der Waals surface area contributed by atoms with Crippen molar-refractivity contribution in [1.29, 1.82) is 0 Å². The number of hydrogen-bond acceptors (Lipinski definition) is 6. The smallest absolute Gasteiger partial charge is 0.271 e. The maximum Gasteiger partial charge on any atom is 0.271 e. The van der Waals surface area contributed by atoms with E-state index in [1.54, 1.807) is 18.2 Å². The van der Waals surface area contributed by atoms with Crippen molar-refractivity contribution in [1.82, 2.24) is 0 Å². The number of carbonyl (C=O) groups excluding carboxylic acids is 1. The Bertz CT molecular complexity index is 961. The number of methoxy groups -OCH3 is 1. The van der Waals surface area contributed by atoms with E-state index in [9.17, 15) is 23.3 Å². The Labute approximate surface area is 156 Å². The van der Waals surface area contributed by atoms with Crippen LogP contribution in [0.2, 0.25) is 0 Å². The molecule has 2 aromatic rings. The number of nitro groups is 1. The average Bonchev–Trinajstić information content (AvgIpc) is 2.61. The molecule has 0 aliphatic carbocycles. The first-order valence-corrected chi connectivity index (χ1v) is 9.67. The van der Waals surface area contributed by atoms with Gasteiger partial charge in [0.1, 0.15) is 11.8 Å². The van der Waals surface area contributed by atoms with Crippen molar-refractivity contribution in [3.63, 3.8) is 0 Å². The highest BCUT2D eigenvalue weighted by atomic mass is 32.2. The van der Waals surface area contributed by atoms with Crippen molar-refractivity contribution in [3.8, 4) is 5.75 Å². The van der Waals surface area contributed by atoms with E-state index in [4.69, 9.17) is 4.74 Å². The minimum atomic E-state index is -3.79. The fourth-order valence-corrected chi connectivity index (χ4v) is 3.67. The molecule has 2 rings (SSSR count). The highest BCUT2D eigenvalue weighted by Gasteiger charge is 2.29. The van der Waals surface area contributed by atoms with Gasteiger partial charge in [-0.2, -0.15) is 0 Å². The lowest BCUT2D eigenvalue weighted by atomic mass is 10.2. The predicted molar refractivity (Wildman–Crippen MR) is 102 cm³/mol. The van der Waals surface area contributed by atoms with Crippen LogP contribution < -0.4 is 14.4 Å². The van der Waals surface area contributed by atoms with Crippen LogP contribution in [0.1, 0.15) is 6.92 Å². The predicted octanol–water partition coefficient (Wildman–Crippen LogP) is 2.40. The molecule has 0 radical (unpaired) electrons. The zero-order valence-electron chi connectivity index (χ0n) is 14.9. The lowest BCUT2D eigenvalue weighted by Gasteiger charge is -2.28. The molecule has 0 saturated heterocycles. The number of ether oxygens (including phenoxy) is 1. The number of sulfonamides is 1. The molecule has 1 amide bonds. The number of nitrogens with one attached hydrogen (secondary N) is 1. The standard InChI is InChI=1S/C17H19N3O6S/c1-12(17(21)18-13-6-4-8-15(10-13)20(22)23)19(27(3,24)25)14-7-5-9-16(11-14)26-2/h4-12H,1-3H3,(H,18,21)/t12-/m0/s1. The average molecular weight is 393 g/mol. The molecule has 0 aliphatic heterocycles. The molecule has 0 fully saturated rings. The molecular weight excluding hydrogens is 374 g/mol. The Balaban J connectivity index is 2.32. The van der Waals surface area contributed by atoms with E-state index >= 15 is 0 Å². The van der Waals surface area contributed by atoms with Gasteiger partial charge in [-0.25, -0.2) is 8.42 Å². The molecule has 0 bridgehead atoms. The summed E-state index contributed by atoms with van der Waals surface area (Å²) in [7, 11) is -2.35. The highest BCUT2D eigenvalue weighted by molar-refractivity contribution is 7.92. The molecule has 2 aromatic carbocycles. The lowest BCUT2D eigenvalue weighted by Crippen LogP contribution is -2.45. The summed E-state index contributed by atoms with van der Waals surface area (Å²) < 4.78 is 30.6. The van der Waals surface area contributed by atoms with Crippen molar-refractivity contribution < 1.29 is 22.9 Å². The fraction of sp³-hybridized carbons (Fsp3) is 0.235. The topological polar surface area (TPSA) is 119 Å². The first-order chi connectivity index (χ1) is 12.6. The first-order valence-electron chi connectivity index (χ1n) is 7.82. The SMILES string of the molecule is COc1cccc(N([C@@H](C)C(=O)Nc2cccc([N+](=O)[O-])c2)S(C)(=O)=O)c1. The van der Waals surface area contributed by atoms with Crippen molar-refractivity contribution in [3.05, 3.63) is 58.6 Å². The van der Waals surface area contributed by atoms with Crippen LogP contribution in [0.3, 0.4) is 0 Å². The third-order valence-corrected chi connectivity index (χ3v) is 4.96. The summed E-state index contributed by atoms with van der Waals surface area (Å²) in [6.45, 7) is 1.42. The lowest BCUT2D eigenvalue weighted by molar-refractivity contribution is -0.384. The van der Waals surface area contributed by atoms with Crippen LogP contribution in [0.5, 0.6) is 5.75 Å². The van der Waals surface area contributed by atoms with Crippen LogP contribution >= 0.6 is 0 Å². The van der Waals surface area contributed by atoms with Crippen molar-refractivity contribution in [2.24, 2.45) is 0 Å². The second-order valence-electron chi connectivity index (χ2n) is 5.73. The number of rotatable bonds is 7. The summed E-state index contributed by atoms with van der Waals surface area (Å²) in [5.41, 5.74) is 0.270. The summed E-state index contributed by atoms with van der Waals surface area (Å²) in [5.74, 6) is -0.198. The van der Waals surface area contributed by atoms with Crippen LogP contribution in [0.15, 0.2) is 48.5 Å². The van der Waals surface area contributed by atoms with E-state index < -0.39 is 26.9 Å². The van der Waals surface area contributed by atoms with E-state index in [1.807, 2.05) is 0 Å². The second-order valence-corrected chi connectivity index (χ2v) is 7.59. The summed E-state index contributed by atoms with van der Waals surface area (Å²) in [4.78, 5) is 22.9. The van der Waals surface area contributed by atoms with Crippen molar-refractivity contribution in [2.45, 2.75) is 13.0 Å². The summed E-state index contributed by atoms with van der Waals surface area (Å²) in [6, 6.07) is 10.6. The third-order valence-electron chi connectivity index (χ3n) is 3.72. The molecule has 0 aliphatic rings. The Morgan fingerprint density at radius 1 is 1.22 bits per heavy atom. The molecule has 9 nitrogen and oxygen atoms in total. The number of benzene rings is 2. The molecule has 0 saturated carbocycles. The van der Waals surface area contributed by atoms with Gasteiger partial charge in [0.2, 0.25) is 15.9 Å². The zero-order chi connectivity index (χ0) is 20.2. The van der Waals surface area contributed by atoms with Gasteiger partial charge in [0.15, 0.2) is 0 Å². The van der Waals surface area contributed by atoms with Crippen LogP contribution in [0.25, 0.3) is 0 Å². The van der Waals surface area contributed by atoms with Crippen LogP contribution in [-0.4, -0.2) is 38.7 Å². The van der Waals surface area contributed by atoms with Gasteiger partial charge in [-0.1, -0.05) is 12.1 Å². The Morgan fingerprint density at radius 2 is 1.89 bits per heavy atom. The van der Waals surface area contributed by atoms with E-state index in [2.05, 4.69) is 5.32 Å². The van der Waals surface area contributed by atoms with Crippen molar-refractivity contribution >= 4 is 33.0 Å². The molecule has 0 unspecified atom stereocenters. The van der Waals surface area contributed by atoms with Gasteiger partial charge in [-0.3, -0.25) is 19.2 Å². The number of amides is 1. The molecule has 0 heterocycles. The van der Waals surface area contributed by atoms with Crippen LogP contribution in [0.4, 0.5) is 17.1 Å². The number of nitrogens with zero attached hydrogens (tertiary/aromatic N) is 2. The van der Waals surface area contributed by atoms with Gasteiger partial charge in [-0.05, 0) is 25.1 Å². The Kier molecular flexibility index (Phi) is 6.01. The molecule has 10 heteroatoms. The minimum absolute atomic E-state index is 0.187. The minimum Gasteiger partial charge on any atom is -0.497 e. The number of anilines is 2. The van der Waals surface area contributed by atoms with E-state index in [1.165, 1.54) is 44.4 Å². The van der Waals surface area contributed by atoms with Gasteiger partial charge in [0, 0.05) is 23.9 Å². The largest absolute Gasteiger partial charge is 0.497 e. The molecule has 144 valence electrons. The Hall–Kier alpha value is -3.14. The number of nitro benzene ring substituents is 1. The van der Waals surface area contributed by atoms with Gasteiger partial charge < -0.3 is 10.1 Å². The fourth-order valence-electron chi connectivity index (χ4n) is 2.50. The molecule has 0 spiro atoms. The second kappa shape index (κ2) is 8.04. The molecule has 0 aromatic heterocycles. The van der Waals surface area contributed by atoms with Gasteiger partial charge >= 0.3 is 0 Å². The number of carbonyl (C=O) groups is 1. The molecule has 1 N–H and O–H groups in total. The molecular formula is C17H19N3O6S. The number of hydrogen-bond donors (Lipinski definition) is 1. The molecule has 27 heavy (non-hydrogen) atoms. The van der Waals surface area contributed by atoms with Gasteiger partial charge in [0.05, 0.1) is 24.0 Å². The quantitative estimate of drug-likeness (QED) is 0.570. The van der Waals surface area contributed by atoms with Crippen LogP contribution in [-0.2, 0) is 14.8 Å². The van der Waals surface area contributed by atoms with E-state index in [-0.39, 0.29) is 17.1 Å². The summed E-state index contributed by atoms with van der Waals surface area (Å²) in [5, 5.41) is 13.4. The summed E-state index contributed by atoms with van der Waals surface area (Å²) >= 11 is 0. The van der Waals surface area contributed by atoms with Gasteiger partial charge in [0.25, 0.3) is 5.69 Å². The first kappa shape index (κ1) is 20.2. The normalized spacial score (nSPS) is 12.1.